The van der Waals surface area contributed by atoms with Gasteiger partial charge in [-0.3, -0.25) is 4.79 Å². The lowest BCUT2D eigenvalue weighted by molar-refractivity contribution is -0.110. The molecule has 3 rings (SSSR count). The van der Waals surface area contributed by atoms with Crippen molar-refractivity contribution in [1.29, 1.82) is 0 Å². The van der Waals surface area contributed by atoms with Gasteiger partial charge in [0, 0.05) is 22.2 Å². The van der Waals surface area contributed by atoms with Gasteiger partial charge in [-0.2, -0.15) is 0 Å². The minimum Gasteiger partial charge on any atom is -0.334 e. The molecule has 0 aliphatic rings. The molecule has 0 amide bonds. The van der Waals surface area contributed by atoms with Crippen molar-refractivity contribution in [3.8, 4) is 0 Å². The molecule has 0 saturated carbocycles. The van der Waals surface area contributed by atoms with Crippen molar-refractivity contribution in [2.24, 2.45) is 0 Å². The molecule has 0 radical (unpaired) electrons. The molecule has 1 heterocycles. The van der Waals surface area contributed by atoms with E-state index in [1.807, 2.05) is 73.0 Å². The van der Waals surface area contributed by atoms with Crippen LogP contribution in [0, 0.1) is 6.92 Å². The van der Waals surface area contributed by atoms with Gasteiger partial charge in [0.05, 0.1) is 11.6 Å². The molecule has 0 spiro atoms. The maximum absolute atomic E-state index is 13.0. The third-order valence-corrected chi connectivity index (χ3v) is 4.33. The number of hydrogen-bond donors (Lipinski definition) is 0. The molecule has 3 nitrogen and oxygen atoms in total. The summed E-state index contributed by atoms with van der Waals surface area (Å²) in [4.78, 5) is 24.5. The van der Waals surface area contributed by atoms with Crippen molar-refractivity contribution < 1.29 is 9.59 Å². The van der Waals surface area contributed by atoms with Gasteiger partial charge in [-0.25, -0.2) is 0 Å². The number of hydrogen-bond acceptors (Lipinski definition) is 2. The lowest BCUT2D eigenvalue weighted by atomic mass is 10.0. The van der Waals surface area contributed by atoms with Crippen LogP contribution in [0.4, 0.5) is 0 Å². The first-order chi connectivity index (χ1) is 11.2. The Balaban J connectivity index is 2.28. The molecule has 0 aliphatic carbocycles. The first-order valence-electron chi connectivity index (χ1n) is 7.83. The van der Waals surface area contributed by atoms with Gasteiger partial charge in [0.15, 0.2) is 5.78 Å². The summed E-state index contributed by atoms with van der Waals surface area (Å²) in [7, 11) is 0. The van der Waals surface area contributed by atoms with Crippen molar-refractivity contribution in [2.75, 3.05) is 0 Å². The minimum atomic E-state index is -0.253. The summed E-state index contributed by atoms with van der Waals surface area (Å²) in [5.41, 5.74) is 3.13. The van der Waals surface area contributed by atoms with Crippen molar-refractivity contribution in [1.82, 2.24) is 4.57 Å². The fraction of sp³-hybridized carbons (Fsp3) is 0.200. The quantitative estimate of drug-likeness (QED) is 0.520. The number of aromatic nitrogens is 1. The Morgan fingerprint density at radius 3 is 2.39 bits per heavy atom. The average Bonchev–Trinajstić information content (AvgIpc) is 2.89. The fourth-order valence-electron chi connectivity index (χ4n) is 3.18. The second kappa shape index (κ2) is 6.21. The van der Waals surface area contributed by atoms with Gasteiger partial charge >= 0.3 is 0 Å². The van der Waals surface area contributed by atoms with Gasteiger partial charge in [-0.05, 0) is 19.4 Å². The molecule has 1 aromatic heterocycles. The molecule has 1 unspecified atom stereocenters. The van der Waals surface area contributed by atoms with Crippen molar-refractivity contribution in [3.05, 3.63) is 71.4 Å². The molecule has 0 bridgehead atoms. The molecule has 0 saturated heterocycles. The van der Waals surface area contributed by atoms with E-state index < -0.39 is 0 Å². The van der Waals surface area contributed by atoms with Crippen LogP contribution < -0.4 is 0 Å². The Bertz CT molecular complexity index is 862. The Hall–Kier alpha value is -2.68. The second-order valence-electron chi connectivity index (χ2n) is 5.65. The Labute approximate surface area is 135 Å². The lowest BCUT2D eigenvalue weighted by Gasteiger charge is -2.14. The van der Waals surface area contributed by atoms with Crippen molar-refractivity contribution in [3.63, 3.8) is 0 Å². The summed E-state index contributed by atoms with van der Waals surface area (Å²) >= 11 is 0. The van der Waals surface area contributed by atoms with Crippen LogP contribution in [-0.4, -0.2) is 16.6 Å². The highest BCUT2D eigenvalue weighted by Crippen LogP contribution is 2.31. The number of para-hydroxylation sites is 1. The predicted octanol–water partition coefficient (Wildman–Crippen LogP) is 4.33. The average molecular weight is 305 g/mol. The van der Waals surface area contributed by atoms with Crippen LogP contribution in [0.25, 0.3) is 10.9 Å². The molecule has 23 heavy (non-hydrogen) atoms. The summed E-state index contributed by atoms with van der Waals surface area (Å²) in [6, 6.07) is 16.8. The molecule has 116 valence electrons. The van der Waals surface area contributed by atoms with Gasteiger partial charge in [0.1, 0.15) is 6.29 Å². The van der Waals surface area contributed by atoms with Gasteiger partial charge < -0.3 is 9.36 Å². The van der Waals surface area contributed by atoms with E-state index in [2.05, 4.69) is 0 Å². The fourth-order valence-corrected chi connectivity index (χ4v) is 3.18. The number of carbonyl (C=O) groups excluding carboxylic acids is 2. The number of ketones is 1. The molecule has 2 aromatic carbocycles. The smallest absolute Gasteiger partial charge is 0.195 e. The number of rotatable bonds is 5. The van der Waals surface area contributed by atoms with E-state index in [0.29, 0.717) is 17.5 Å². The predicted molar refractivity (Wildman–Crippen MR) is 91.9 cm³/mol. The van der Waals surface area contributed by atoms with Crippen LogP contribution in [0.2, 0.25) is 0 Å². The van der Waals surface area contributed by atoms with E-state index >= 15 is 0 Å². The lowest BCUT2D eigenvalue weighted by Crippen LogP contribution is -2.12. The molecule has 0 aliphatic heterocycles. The largest absolute Gasteiger partial charge is 0.334 e. The number of aldehydes is 1. The molecule has 0 N–H and O–H groups in total. The van der Waals surface area contributed by atoms with E-state index in [9.17, 15) is 9.59 Å². The van der Waals surface area contributed by atoms with Crippen LogP contribution in [0.3, 0.4) is 0 Å². The highest BCUT2D eigenvalue weighted by atomic mass is 16.1. The minimum absolute atomic E-state index is 0.00111. The topological polar surface area (TPSA) is 39.1 Å². The molecule has 3 heteroatoms. The molecule has 3 aromatic rings. The number of carbonyl (C=O) groups is 2. The van der Waals surface area contributed by atoms with E-state index in [1.165, 1.54) is 0 Å². The van der Waals surface area contributed by atoms with Crippen molar-refractivity contribution >= 4 is 23.0 Å². The first-order valence-corrected chi connectivity index (χ1v) is 7.83. The SMILES string of the molecule is CCC(C=O)n1c(C)c(C(=O)c2ccccc2)c2ccccc21. The Morgan fingerprint density at radius 2 is 1.74 bits per heavy atom. The van der Waals surface area contributed by atoms with E-state index in [-0.39, 0.29) is 11.8 Å². The van der Waals surface area contributed by atoms with Crippen LogP contribution in [-0.2, 0) is 4.79 Å². The summed E-state index contributed by atoms with van der Waals surface area (Å²) in [6.07, 6.45) is 1.65. The van der Waals surface area contributed by atoms with Gasteiger partial charge in [0.25, 0.3) is 0 Å². The monoisotopic (exact) mass is 305 g/mol. The number of fused-ring (bicyclic) bond motifs is 1. The molecular weight excluding hydrogens is 286 g/mol. The molecule has 0 fully saturated rings. The zero-order chi connectivity index (χ0) is 16.4. The third-order valence-electron chi connectivity index (χ3n) is 4.33. The number of nitrogens with zero attached hydrogens (tertiary/aromatic N) is 1. The molecular formula is C20H19NO2. The maximum atomic E-state index is 13.0. The summed E-state index contributed by atoms with van der Waals surface area (Å²) < 4.78 is 1.98. The van der Waals surface area contributed by atoms with Crippen LogP contribution in [0.5, 0.6) is 0 Å². The zero-order valence-electron chi connectivity index (χ0n) is 13.3. The highest BCUT2D eigenvalue weighted by molar-refractivity contribution is 6.17. The standard InChI is InChI=1S/C20H19NO2/c1-3-16(13-22)21-14(2)19(17-11-7-8-12-18(17)21)20(23)15-9-5-4-6-10-15/h4-13,16H,3H2,1-2H3. The Morgan fingerprint density at radius 1 is 1.09 bits per heavy atom. The number of benzene rings is 2. The third kappa shape index (κ3) is 2.48. The van der Waals surface area contributed by atoms with Crippen molar-refractivity contribution in [2.45, 2.75) is 26.3 Å². The van der Waals surface area contributed by atoms with E-state index in [0.717, 1.165) is 22.9 Å². The van der Waals surface area contributed by atoms with E-state index in [4.69, 9.17) is 0 Å². The van der Waals surface area contributed by atoms with Crippen LogP contribution in [0.15, 0.2) is 54.6 Å². The van der Waals surface area contributed by atoms with Gasteiger partial charge in [0.2, 0.25) is 0 Å². The summed E-state index contributed by atoms with van der Waals surface area (Å²) in [5.74, 6) is -0.00111. The van der Waals surface area contributed by atoms with E-state index in [1.54, 1.807) is 0 Å². The highest BCUT2D eigenvalue weighted by Gasteiger charge is 2.23. The van der Waals surface area contributed by atoms with Gasteiger partial charge in [-0.1, -0.05) is 55.5 Å². The second-order valence-corrected chi connectivity index (χ2v) is 5.65. The Kier molecular flexibility index (Phi) is 4.11. The van der Waals surface area contributed by atoms with Gasteiger partial charge in [-0.15, -0.1) is 0 Å². The van der Waals surface area contributed by atoms with Crippen LogP contribution in [0.1, 0.15) is 41.0 Å². The molecule has 1 atom stereocenters. The zero-order valence-corrected chi connectivity index (χ0v) is 13.3. The maximum Gasteiger partial charge on any atom is 0.195 e. The van der Waals surface area contributed by atoms with Crippen LogP contribution >= 0.6 is 0 Å². The first kappa shape index (κ1) is 15.2. The summed E-state index contributed by atoms with van der Waals surface area (Å²) in [6.45, 7) is 3.90. The summed E-state index contributed by atoms with van der Waals surface area (Å²) in [5, 5.41) is 0.902. The normalized spacial score (nSPS) is 12.3.